The lowest BCUT2D eigenvalue weighted by Crippen LogP contribution is -2.37. The molecular weight excluding hydrogens is 266 g/mol. The van der Waals surface area contributed by atoms with Gasteiger partial charge in [0, 0.05) is 23.3 Å². The molecule has 2 aromatic carbocycles. The van der Waals surface area contributed by atoms with E-state index >= 15 is 0 Å². The molecule has 1 aliphatic carbocycles. The Morgan fingerprint density at radius 2 is 1.86 bits per heavy atom. The average molecular weight is 279 g/mol. The Kier molecular flexibility index (Phi) is 2.54. The average Bonchev–Trinajstić information content (AvgIpc) is 3.34. The maximum absolute atomic E-state index is 11.7. The first-order chi connectivity index (χ1) is 10.2. The van der Waals surface area contributed by atoms with Gasteiger partial charge in [-0.05, 0) is 37.1 Å². The number of pyridine rings is 1. The van der Waals surface area contributed by atoms with Crippen molar-refractivity contribution in [2.45, 2.75) is 18.9 Å². The van der Waals surface area contributed by atoms with E-state index in [4.69, 9.17) is 0 Å². The van der Waals surface area contributed by atoms with Crippen molar-refractivity contribution in [2.75, 3.05) is 10.6 Å². The van der Waals surface area contributed by atoms with E-state index in [2.05, 4.69) is 15.6 Å². The van der Waals surface area contributed by atoms with Crippen LogP contribution in [-0.2, 0) is 0 Å². The quantitative estimate of drug-likeness (QED) is 0.716. The van der Waals surface area contributed by atoms with Crippen molar-refractivity contribution in [2.24, 2.45) is 0 Å². The molecule has 5 nitrogen and oxygen atoms in total. The Balaban J connectivity index is 1.66. The van der Waals surface area contributed by atoms with Gasteiger partial charge in [0.05, 0.1) is 5.52 Å². The smallest absolute Gasteiger partial charge is 0.253 e. The van der Waals surface area contributed by atoms with E-state index in [-0.39, 0.29) is 0 Å². The van der Waals surface area contributed by atoms with Crippen LogP contribution in [0.2, 0.25) is 0 Å². The summed E-state index contributed by atoms with van der Waals surface area (Å²) < 4.78 is 0. The summed E-state index contributed by atoms with van der Waals surface area (Å²) in [6.07, 6.45) is 3.85. The van der Waals surface area contributed by atoms with Crippen LogP contribution in [0.25, 0.3) is 10.9 Å². The zero-order valence-corrected chi connectivity index (χ0v) is 11.2. The lowest BCUT2D eigenvalue weighted by atomic mass is 10.1. The number of fused-ring (bicyclic) bond motifs is 1. The number of hydrogen-bond acceptors (Lipinski definition) is 5. The van der Waals surface area contributed by atoms with Crippen molar-refractivity contribution < 1.29 is 0 Å². The van der Waals surface area contributed by atoms with Gasteiger partial charge in [0.15, 0.2) is 0 Å². The fourth-order valence-electron chi connectivity index (χ4n) is 2.38. The minimum atomic E-state index is -0.454. The van der Waals surface area contributed by atoms with Crippen molar-refractivity contribution in [1.29, 1.82) is 0 Å². The first kappa shape index (κ1) is 12.1. The molecule has 0 spiro atoms. The molecule has 1 aliphatic rings. The molecule has 1 heterocycles. The van der Waals surface area contributed by atoms with Crippen molar-refractivity contribution in [3.8, 4) is 0 Å². The Bertz CT molecular complexity index is 905. The van der Waals surface area contributed by atoms with Gasteiger partial charge in [-0.2, -0.15) is 0 Å². The SMILES string of the molecule is O=c1c(Nc2ccc3ncccc3c2)c(NC2CC2)c1=O. The van der Waals surface area contributed by atoms with E-state index in [1.807, 2.05) is 30.3 Å². The highest BCUT2D eigenvalue weighted by molar-refractivity contribution is 5.85. The molecule has 4 rings (SSSR count). The van der Waals surface area contributed by atoms with Crippen molar-refractivity contribution in [3.63, 3.8) is 0 Å². The molecule has 3 aromatic rings. The van der Waals surface area contributed by atoms with Gasteiger partial charge in [0.25, 0.3) is 10.9 Å². The van der Waals surface area contributed by atoms with Crippen LogP contribution in [-0.4, -0.2) is 11.0 Å². The minimum Gasteiger partial charge on any atom is -0.377 e. The molecule has 5 heteroatoms. The molecule has 0 unspecified atom stereocenters. The van der Waals surface area contributed by atoms with Gasteiger partial charge in [0.2, 0.25) is 0 Å². The lowest BCUT2D eigenvalue weighted by Gasteiger charge is -2.14. The van der Waals surface area contributed by atoms with Crippen LogP contribution in [0.4, 0.5) is 17.1 Å². The van der Waals surface area contributed by atoms with Crippen LogP contribution >= 0.6 is 0 Å². The van der Waals surface area contributed by atoms with Gasteiger partial charge in [-0.25, -0.2) is 0 Å². The first-order valence-corrected chi connectivity index (χ1v) is 6.94. The maximum Gasteiger partial charge on any atom is 0.253 e. The standard InChI is InChI=1S/C16H13N3O2/c20-15-13(18-10-3-4-10)14(16(15)21)19-11-5-6-12-9(8-11)2-1-7-17-12/h1-2,5-8,10,18-19H,3-4H2. The van der Waals surface area contributed by atoms with Crippen LogP contribution in [0, 0.1) is 0 Å². The highest BCUT2D eigenvalue weighted by atomic mass is 16.2. The highest BCUT2D eigenvalue weighted by Gasteiger charge is 2.28. The number of hydrogen-bond donors (Lipinski definition) is 2. The summed E-state index contributed by atoms with van der Waals surface area (Å²) >= 11 is 0. The molecule has 2 N–H and O–H groups in total. The second-order valence-electron chi connectivity index (χ2n) is 5.36. The van der Waals surface area contributed by atoms with Gasteiger partial charge < -0.3 is 10.6 Å². The summed E-state index contributed by atoms with van der Waals surface area (Å²) in [5.41, 5.74) is 1.59. The monoisotopic (exact) mass is 279 g/mol. The minimum absolute atomic E-state index is 0.342. The van der Waals surface area contributed by atoms with Crippen LogP contribution in [0.15, 0.2) is 46.1 Å². The van der Waals surface area contributed by atoms with Crippen molar-refractivity contribution in [1.82, 2.24) is 4.98 Å². The van der Waals surface area contributed by atoms with Gasteiger partial charge in [0.1, 0.15) is 11.4 Å². The Hall–Kier alpha value is -2.69. The van der Waals surface area contributed by atoms with Crippen LogP contribution in [0.1, 0.15) is 12.8 Å². The Morgan fingerprint density at radius 1 is 1.05 bits per heavy atom. The highest BCUT2D eigenvalue weighted by Crippen LogP contribution is 2.28. The second kappa shape index (κ2) is 4.41. The molecule has 0 radical (unpaired) electrons. The van der Waals surface area contributed by atoms with Gasteiger partial charge >= 0.3 is 0 Å². The number of anilines is 3. The molecule has 0 aliphatic heterocycles. The van der Waals surface area contributed by atoms with Gasteiger partial charge in [-0.1, -0.05) is 6.07 Å². The zero-order valence-electron chi connectivity index (χ0n) is 11.2. The fourth-order valence-corrected chi connectivity index (χ4v) is 2.38. The third-order valence-electron chi connectivity index (χ3n) is 3.71. The number of nitrogens with zero attached hydrogens (tertiary/aromatic N) is 1. The molecule has 1 fully saturated rings. The molecule has 1 saturated carbocycles. The summed E-state index contributed by atoms with van der Waals surface area (Å²) in [6, 6.07) is 9.82. The summed E-state index contributed by atoms with van der Waals surface area (Å²) in [4.78, 5) is 27.6. The molecular formula is C16H13N3O2. The van der Waals surface area contributed by atoms with Crippen molar-refractivity contribution >= 4 is 28.0 Å². The van der Waals surface area contributed by atoms with Crippen LogP contribution in [0.5, 0.6) is 0 Å². The molecule has 0 amide bonds. The van der Waals surface area contributed by atoms with Crippen LogP contribution < -0.4 is 21.5 Å². The fraction of sp³-hybridized carbons (Fsp3) is 0.188. The zero-order chi connectivity index (χ0) is 14.4. The van der Waals surface area contributed by atoms with E-state index in [0.717, 1.165) is 29.4 Å². The molecule has 0 bridgehead atoms. The summed E-state index contributed by atoms with van der Waals surface area (Å²) in [6.45, 7) is 0. The third-order valence-corrected chi connectivity index (χ3v) is 3.71. The van der Waals surface area contributed by atoms with Gasteiger partial charge in [-0.3, -0.25) is 14.6 Å². The number of rotatable bonds is 4. The molecule has 0 atom stereocenters. The van der Waals surface area contributed by atoms with Gasteiger partial charge in [-0.15, -0.1) is 0 Å². The Labute approximate surface area is 120 Å². The molecule has 1 aromatic heterocycles. The third kappa shape index (κ3) is 2.07. The van der Waals surface area contributed by atoms with E-state index in [9.17, 15) is 9.59 Å². The topological polar surface area (TPSA) is 71.1 Å². The van der Waals surface area contributed by atoms with E-state index in [1.54, 1.807) is 6.20 Å². The summed E-state index contributed by atoms with van der Waals surface area (Å²) in [5.74, 6) is 0. The normalized spacial score (nSPS) is 14.5. The summed E-state index contributed by atoms with van der Waals surface area (Å²) in [7, 11) is 0. The number of nitrogens with one attached hydrogen (secondary N) is 2. The molecule has 0 saturated heterocycles. The first-order valence-electron chi connectivity index (χ1n) is 6.94. The number of benzene rings is 1. The lowest BCUT2D eigenvalue weighted by molar-refractivity contribution is 1.13. The largest absolute Gasteiger partial charge is 0.377 e. The van der Waals surface area contributed by atoms with E-state index < -0.39 is 10.9 Å². The Morgan fingerprint density at radius 3 is 2.67 bits per heavy atom. The number of aromatic nitrogens is 1. The molecule has 104 valence electrons. The van der Waals surface area contributed by atoms with E-state index in [1.165, 1.54) is 0 Å². The van der Waals surface area contributed by atoms with Crippen molar-refractivity contribution in [3.05, 3.63) is 57.0 Å². The van der Waals surface area contributed by atoms with Crippen LogP contribution in [0.3, 0.4) is 0 Å². The second-order valence-corrected chi connectivity index (χ2v) is 5.36. The molecule has 21 heavy (non-hydrogen) atoms. The van der Waals surface area contributed by atoms with E-state index in [0.29, 0.717) is 17.4 Å². The summed E-state index contributed by atoms with van der Waals surface area (Å²) in [5, 5.41) is 7.15. The maximum atomic E-state index is 11.7. The predicted octanol–water partition coefficient (Wildman–Crippen LogP) is 2.15. The predicted molar refractivity (Wildman–Crippen MR) is 83.0 cm³/mol.